The Hall–Kier alpha value is -2.20. The minimum Gasteiger partial charge on any atom is -0.497 e. The number of carboxylic acid groups (broad SMARTS) is 1. The van der Waals surface area contributed by atoms with Gasteiger partial charge in [-0.1, -0.05) is 31.1 Å². The summed E-state index contributed by atoms with van der Waals surface area (Å²) < 4.78 is 5.08. The fraction of sp³-hybridized carbons (Fsp3) is 0.500. The Morgan fingerprint density at radius 3 is 2.50 bits per heavy atom. The SMILES string of the molecule is COc1ccc(CCC(C)(C)C(N=[N+]=[N-])C(=O)O)cc1. The van der Waals surface area contributed by atoms with E-state index in [4.69, 9.17) is 15.4 Å². The van der Waals surface area contributed by atoms with Gasteiger partial charge in [0, 0.05) is 4.91 Å². The summed E-state index contributed by atoms with van der Waals surface area (Å²) in [6.07, 6.45) is 1.32. The lowest BCUT2D eigenvalue weighted by Crippen LogP contribution is -2.35. The summed E-state index contributed by atoms with van der Waals surface area (Å²) in [4.78, 5) is 13.8. The number of benzene rings is 1. The number of ether oxygens (including phenoxy) is 1. The van der Waals surface area contributed by atoms with E-state index in [2.05, 4.69) is 10.0 Å². The van der Waals surface area contributed by atoms with Crippen molar-refractivity contribution < 1.29 is 14.6 Å². The van der Waals surface area contributed by atoms with E-state index in [1.807, 2.05) is 24.3 Å². The zero-order valence-corrected chi connectivity index (χ0v) is 11.9. The average Bonchev–Trinajstić information content (AvgIpc) is 2.42. The first kappa shape index (κ1) is 15.9. The van der Waals surface area contributed by atoms with Crippen LogP contribution in [-0.2, 0) is 11.2 Å². The third-order valence-corrected chi connectivity index (χ3v) is 3.36. The first-order valence-corrected chi connectivity index (χ1v) is 6.30. The molecule has 0 aliphatic heterocycles. The summed E-state index contributed by atoms with van der Waals surface area (Å²) in [6, 6.07) is 6.55. The van der Waals surface area contributed by atoms with Crippen molar-refractivity contribution in [3.8, 4) is 5.75 Å². The van der Waals surface area contributed by atoms with Crippen LogP contribution in [0.1, 0.15) is 25.8 Å². The lowest BCUT2D eigenvalue weighted by molar-refractivity contribution is -0.141. The number of methoxy groups -OCH3 is 1. The molecule has 1 unspecified atom stereocenters. The molecule has 0 saturated heterocycles. The van der Waals surface area contributed by atoms with Crippen LogP contribution in [0.2, 0.25) is 0 Å². The molecule has 0 radical (unpaired) electrons. The summed E-state index contributed by atoms with van der Waals surface area (Å²) in [5, 5.41) is 12.5. The summed E-state index contributed by atoms with van der Waals surface area (Å²) in [6.45, 7) is 3.59. The molecule has 20 heavy (non-hydrogen) atoms. The molecule has 1 aromatic rings. The number of aryl methyl sites for hydroxylation is 1. The Kier molecular flexibility index (Phi) is 5.41. The molecular weight excluding hydrogens is 258 g/mol. The minimum atomic E-state index is -1.09. The number of hydrogen-bond acceptors (Lipinski definition) is 3. The van der Waals surface area contributed by atoms with Crippen LogP contribution in [0, 0.1) is 5.41 Å². The molecule has 0 amide bonds. The molecule has 0 aromatic heterocycles. The highest BCUT2D eigenvalue weighted by Gasteiger charge is 2.34. The molecule has 6 nitrogen and oxygen atoms in total. The molecule has 0 aliphatic carbocycles. The van der Waals surface area contributed by atoms with E-state index in [0.717, 1.165) is 11.3 Å². The second kappa shape index (κ2) is 6.82. The smallest absolute Gasteiger partial charge is 0.312 e. The number of carboxylic acids is 1. The van der Waals surface area contributed by atoms with Gasteiger partial charge in [-0.3, -0.25) is 4.79 Å². The summed E-state index contributed by atoms with van der Waals surface area (Å²) >= 11 is 0. The first-order chi connectivity index (χ1) is 9.40. The van der Waals surface area contributed by atoms with E-state index in [1.165, 1.54) is 0 Å². The molecule has 6 heteroatoms. The van der Waals surface area contributed by atoms with Crippen LogP contribution in [-0.4, -0.2) is 24.2 Å². The van der Waals surface area contributed by atoms with Gasteiger partial charge < -0.3 is 9.84 Å². The first-order valence-electron chi connectivity index (χ1n) is 6.30. The zero-order chi connectivity index (χ0) is 15.2. The second-order valence-corrected chi connectivity index (χ2v) is 5.28. The zero-order valence-electron chi connectivity index (χ0n) is 11.9. The fourth-order valence-electron chi connectivity index (χ4n) is 1.99. The van der Waals surface area contributed by atoms with Crippen LogP contribution in [0.5, 0.6) is 5.75 Å². The highest BCUT2D eigenvalue weighted by atomic mass is 16.5. The third-order valence-electron chi connectivity index (χ3n) is 3.36. The highest BCUT2D eigenvalue weighted by Crippen LogP contribution is 2.30. The van der Waals surface area contributed by atoms with Gasteiger partial charge >= 0.3 is 5.97 Å². The Labute approximate surface area is 118 Å². The molecule has 1 atom stereocenters. The van der Waals surface area contributed by atoms with Crippen molar-refractivity contribution in [3.05, 3.63) is 40.3 Å². The van der Waals surface area contributed by atoms with Gasteiger partial charge in [0.05, 0.1) is 7.11 Å². The highest BCUT2D eigenvalue weighted by molar-refractivity contribution is 5.74. The largest absolute Gasteiger partial charge is 0.497 e. The molecule has 1 rings (SSSR count). The standard InChI is InChI=1S/C14H19N3O3/c1-14(2,12(13(18)19)16-17-15)9-8-10-4-6-11(20-3)7-5-10/h4-7,12H,8-9H2,1-3H3,(H,18,19). The molecule has 0 spiro atoms. The quantitative estimate of drug-likeness (QED) is 0.470. The van der Waals surface area contributed by atoms with E-state index in [0.29, 0.717) is 12.8 Å². The second-order valence-electron chi connectivity index (χ2n) is 5.28. The van der Waals surface area contributed by atoms with E-state index in [9.17, 15) is 4.79 Å². The molecular formula is C14H19N3O3. The molecule has 0 aliphatic rings. The monoisotopic (exact) mass is 277 g/mol. The molecule has 0 bridgehead atoms. The van der Waals surface area contributed by atoms with Crippen molar-refractivity contribution in [2.24, 2.45) is 10.5 Å². The van der Waals surface area contributed by atoms with Gasteiger partial charge in [0.2, 0.25) is 0 Å². The lowest BCUT2D eigenvalue weighted by atomic mass is 9.79. The Morgan fingerprint density at radius 2 is 2.05 bits per heavy atom. The van der Waals surface area contributed by atoms with Crippen molar-refractivity contribution in [2.75, 3.05) is 7.11 Å². The normalized spacial score (nSPS) is 12.3. The Bertz CT molecular complexity index is 503. The minimum absolute atomic E-state index is 0.606. The maximum atomic E-state index is 11.1. The number of rotatable bonds is 7. The van der Waals surface area contributed by atoms with Crippen LogP contribution in [0.3, 0.4) is 0 Å². The van der Waals surface area contributed by atoms with Crippen LogP contribution in [0.15, 0.2) is 29.4 Å². The van der Waals surface area contributed by atoms with E-state index in [-0.39, 0.29) is 0 Å². The number of hydrogen-bond donors (Lipinski definition) is 1. The number of azide groups is 1. The van der Waals surface area contributed by atoms with Gasteiger partial charge in [-0.15, -0.1) is 0 Å². The van der Waals surface area contributed by atoms with Crippen molar-refractivity contribution >= 4 is 5.97 Å². The molecule has 0 heterocycles. The van der Waals surface area contributed by atoms with Gasteiger partial charge in [-0.25, -0.2) is 0 Å². The van der Waals surface area contributed by atoms with Gasteiger partial charge in [-0.05, 0) is 41.5 Å². The molecule has 0 saturated carbocycles. The van der Waals surface area contributed by atoms with Crippen molar-refractivity contribution in [1.82, 2.24) is 0 Å². The van der Waals surface area contributed by atoms with Crippen LogP contribution in [0.25, 0.3) is 10.4 Å². The summed E-state index contributed by atoms with van der Waals surface area (Å²) in [5.74, 6) is -0.312. The van der Waals surface area contributed by atoms with E-state index < -0.39 is 17.4 Å². The van der Waals surface area contributed by atoms with Crippen molar-refractivity contribution in [2.45, 2.75) is 32.7 Å². The average molecular weight is 277 g/mol. The Morgan fingerprint density at radius 1 is 1.45 bits per heavy atom. The van der Waals surface area contributed by atoms with Crippen LogP contribution >= 0.6 is 0 Å². The predicted molar refractivity (Wildman–Crippen MR) is 75.7 cm³/mol. The van der Waals surface area contributed by atoms with Crippen LogP contribution in [0.4, 0.5) is 0 Å². The van der Waals surface area contributed by atoms with Crippen molar-refractivity contribution in [1.29, 1.82) is 0 Å². The number of nitrogens with zero attached hydrogens (tertiary/aromatic N) is 3. The molecule has 1 aromatic carbocycles. The summed E-state index contributed by atoms with van der Waals surface area (Å²) in [7, 11) is 1.61. The third kappa shape index (κ3) is 4.17. The van der Waals surface area contributed by atoms with Gasteiger partial charge in [0.25, 0.3) is 0 Å². The molecule has 0 fully saturated rings. The topological polar surface area (TPSA) is 95.3 Å². The van der Waals surface area contributed by atoms with E-state index in [1.54, 1.807) is 21.0 Å². The molecule has 108 valence electrons. The Balaban J connectivity index is 2.74. The van der Waals surface area contributed by atoms with Crippen LogP contribution < -0.4 is 4.74 Å². The fourth-order valence-corrected chi connectivity index (χ4v) is 1.99. The summed E-state index contributed by atoms with van der Waals surface area (Å²) in [5.41, 5.74) is 8.95. The van der Waals surface area contributed by atoms with Gasteiger partial charge in [0.15, 0.2) is 0 Å². The predicted octanol–water partition coefficient (Wildman–Crippen LogP) is 3.42. The molecule has 1 N–H and O–H groups in total. The number of carbonyl (C=O) groups is 1. The van der Waals surface area contributed by atoms with Gasteiger partial charge in [-0.2, -0.15) is 0 Å². The lowest BCUT2D eigenvalue weighted by Gasteiger charge is -2.28. The van der Waals surface area contributed by atoms with Gasteiger partial charge in [0.1, 0.15) is 11.8 Å². The maximum absolute atomic E-state index is 11.1. The van der Waals surface area contributed by atoms with E-state index >= 15 is 0 Å². The maximum Gasteiger partial charge on any atom is 0.312 e. The number of aliphatic carboxylic acids is 1. The van der Waals surface area contributed by atoms with Crippen molar-refractivity contribution in [3.63, 3.8) is 0 Å².